The Hall–Kier alpha value is -2.73. The van der Waals surface area contributed by atoms with Crippen LogP contribution in [0, 0.1) is 0 Å². The van der Waals surface area contributed by atoms with Crippen molar-refractivity contribution in [3.8, 4) is 0 Å². The smallest absolute Gasteiger partial charge is 0.253 e. The van der Waals surface area contributed by atoms with Crippen molar-refractivity contribution < 1.29 is 4.79 Å². The number of rotatable bonds is 5. The fourth-order valence-corrected chi connectivity index (χ4v) is 4.22. The predicted molar refractivity (Wildman–Crippen MR) is 121 cm³/mol. The number of carbonyl (C=O) groups is 1. The van der Waals surface area contributed by atoms with Gasteiger partial charge in [0.05, 0.1) is 16.8 Å². The maximum Gasteiger partial charge on any atom is 0.253 e. The maximum atomic E-state index is 13.1. The number of nitrogens with zero attached hydrogens (tertiary/aromatic N) is 3. The highest BCUT2D eigenvalue weighted by Gasteiger charge is 2.19. The molecule has 4 aromatic rings. The summed E-state index contributed by atoms with van der Waals surface area (Å²) in [6, 6.07) is 16.6. The molecule has 0 saturated heterocycles. The van der Waals surface area contributed by atoms with Crippen LogP contribution in [0.1, 0.15) is 11.1 Å². The van der Waals surface area contributed by atoms with E-state index in [9.17, 15) is 4.79 Å². The van der Waals surface area contributed by atoms with Gasteiger partial charge in [0.2, 0.25) is 0 Å². The van der Waals surface area contributed by atoms with E-state index in [4.69, 9.17) is 23.2 Å². The topological polar surface area (TPSA) is 46.1 Å². The van der Waals surface area contributed by atoms with E-state index in [0.29, 0.717) is 21.7 Å². The van der Waals surface area contributed by atoms with Gasteiger partial charge in [-0.25, -0.2) is 4.98 Å². The molecule has 7 heteroatoms. The number of benzene rings is 2. The van der Waals surface area contributed by atoms with Crippen LogP contribution in [0.5, 0.6) is 0 Å². The first kappa shape index (κ1) is 19.6. The molecule has 29 heavy (non-hydrogen) atoms. The molecule has 0 bridgehead atoms. The Kier molecular flexibility index (Phi) is 5.90. The van der Waals surface area contributed by atoms with Crippen molar-refractivity contribution in [2.45, 2.75) is 6.54 Å². The highest BCUT2D eigenvalue weighted by molar-refractivity contribution is 7.22. The Labute approximate surface area is 182 Å². The highest BCUT2D eigenvalue weighted by Crippen LogP contribution is 2.32. The Bertz CT molecular complexity index is 1190. The molecule has 1 amide bonds. The first-order valence-corrected chi connectivity index (χ1v) is 10.4. The third-order valence-corrected chi connectivity index (χ3v) is 5.83. The number of fused-ring (bicyclic) bond motifs is 1. The fourth-order valence-electron chi connectivity index (χ4n) is 2.78. The normalized spacial score (nSPS) is 11.2. The summed E-state index contributed by atoms with van der Waals surface area (Å²) in [5.74, 6) is -0.195. The van der Waals surface area contributed by atoms with E-state index in [1.807, 2.05) is 42.5 Å². The molecule has 0 aliphatic carbocycles. The van der Waals surface area contributed by atoms with Gasteiger partial charge < -0.3 is 0 Å². The van der Waals surface area contributed by atoms with Crippen molar-refractivity contribution in [2.24, 2.45) is 0 Å². The van der Waals surface area contributed by atoms with E-state index < -0.39 is 0 Å². The van der Waals surface area contributed by atoms with E-state index >= 15 is 0 Å². The van der Waals surface area contributed by atoms with Crippen LogP contribution >= 0.6 is 34.5 Å². The number of aromatic nitrogens is 2. The molecule has 2 aromatic carbocycles. The number of halogens is 2. The summed E-state index contributed by atoms with van der Waals surface area (Å²) in [5.41, 5.74) is 2.48. The number of amides is 1. The Morgan fingerprint density at radius 2 is 1.97 bits per heavy atom. The molecule has 0 radical (unpaired) electrons. The van der Waals surface area contributed by atoms with Crippen molar-refractivity contribution in [3.05, 3.63) is 94.2 Å². The molecule has 0 unspecified atom stereocenters. The summed E-state index contributed by atoms with van der Waals surface area (Å²) in [6.07, 6.45) is 6.66. The van der Waals surface area contributed by atoms with Crippen LogP contribution in [0.15, 0.2) is 73.1 Å². The number of hydrogen-bond acceptors (Lipinski definition) is 4. The summed E-state index contributed by atoms with van der Waals surface area (Å²) < 4.78 is 0.923. The molecule has 2 aromatic heterocycles. The molecule has 0 N–H and O–H groups in total. The van der Waals surface area contributed by atoms with E-state index in [0.717, 1.165) is 21.3 Å². The maximum absolute atomic E-state index is 13.1. The molecular weight excluding hydrogens is 425 g/mol. The molecule has 144 valence electrons. The minimum absolute atomic E-state index is 0.195. The predicted octanol–water partition coefficient (Wildman–Crippen LogP) is 6.24. The average Bonchev–Trinajstić information content (AvgIpc) is 3.14. The van der Waals surface area contributed by atoms with Gasteiger partial charge in [-0.15, -0.1) is 0 Å². The number of pyridine rings is 1. The van der Waals surface area contributed by atoms with Gasteiger partial charge in [0.15, 0.2) is 5.13 Å². The zero-order valence-electron chi connectivity index (χ0n) is 15.1. The van der Waals surface area contributed by atoms with E-state index in [1.165, 1.54) is 17.4 Å². The molecule has 0 aliphatic rings. The second kappa shape index (κ2) is 8.74. The summed E-state index contributed by atoms with van der Waals surface area (Å²) in [7, 11) is 0. The van der Waals surface area contributed by atoms with Gasteiger partial charge in [-0.3, -0.25) is 14.7 Å². The first-order chi connectivity index (χ1) is 14.1. The van der Waals surface area contributed by atoms with Crippen LogP contribution in [0.3, 0.4) is 0 Å². The SMILES string of the molecule is O=C(/C=C/c1ccccc1Cl)N(Cc1cccnc1)c1nc2ccc(Cl)cc2s1. The quantitative estimate of drug-likeness (QED) is 0.345. The average molecular weight is 440 g/mol. The van der Waals surface area contributed by atoms with Crippen LogP contribution in [0.25, 0.3) is 16.3 Å². The van der Waals surface area contributed by atoms with Crippen molar-refractivity contribution in [1.82, 2.24) is 9.97 Å². The van der Waals surface area contributed by atoms with Gasteiger partial charge in [0.1, 0.15) is 0 Å². The van der Waals surface area contributed by atoms with Gasteiger partial charge in [-0.05, 0) is 47.5 Å². The Morgan fingerprint density at radius 1 is 1.10 bits per heavy atom. The van der Waals surface area contributed by atoms with E-state index in [1.54, 1.807) is 35.5 Å². The van der Waals surface area contributed by atoms with Crippen LogP contribution in [-0.2, 0) is 11.3 Å². The fraction of sp³-hybridized carbons (Fsp3) is 0.0455. The number of thiazole rings is 1. The second-order valence-electron chi connectivity index (χ2n) is 6.25. The van der Waals surface area contributed by atoms with Gasteiger partial charge in [-0.1, -0.05) is 58.8 Å². The number of hydrogen-bond donors (Lipinski definition) is 0. The lowest BCUT2D eigenvalue weighted by molar-refractivity contribution is -0.114. The van der Waals surface area contributed by atoms with Crippen molar-refractivity contribution in [3.63, 3.8) is 0 Å². The van der Waals surface area contributed by atoms with Gasteiger partial charge >= 0.3 is 0 Å². The van der Waals surface area contributed by atoms with Gasteiger partial charge in [0.25, 0.3) is 5.91 Å². The third kappa shape index (κ3) is 4.65. The van der Waals surface area contributed by atoms with Crippen LogP contribution in [0.4, 0.5) is 5.13 Å². The molecule has 4 rings (SSSR count). The molecule has 2 heterocycles. The summed E-state index contributed by atoms with van der Waals surface area (Å²) in [5, 5.41) is 1.82. The first-order valence-electron chi connectivity index (χ1n) is 8.79. The summed E-state index contributed by atoms with van der Waals surface area (Å²) >= 11 is 13.7. The second-order valence-corrected chi connectivity index (χ2v) is 8.10. The molecule has 0 saturated carbocycles. The molecule has 0 fully saturated rings. The third-order valence-electron chi connectivity index (χ3n) is 4.21. The van der Waals surface area contributed by atoms with Crippen LogP contribution in [-0.4, -0.2) is 15.9 Å². The minimum Gasteiger partial charge on any atom is -0.280 e. The van der Waals surface area contributed by atoms with Gasteiger partial charge in [0, 0.05) is 28.5 Å². The summed E-state index contributed by atoms with van der Waals surface area (Å²) in [6.45, 7) is 0.354. The van der Waals surface area contributed by atoms with Crippen molar-refractivity contribution >= 4 is 61.9 Å². The largest absolute Gasteiger partial charge is 0.280 e. The highest BCUT2D eigenvalue weighted by atomic mass is 35.5. The standard InChI is InChI=1S/C22H15Cl2N3OS/c23-17-8-9-19-20(12-17)29-22(26-19)27(14-15-4-3-11-25-13-15)21(28)10-7-16-5-1-2-6-18(16)24/h1-13H,14H2/b10-7+. The number of carbonyl (C=O) groups excluding carboxylic acids is 1. The molecule has 4 nitrogen and oxygen atoms in total. The van der Waals surface area contributed by atoms with E-state index in [-0.39, 0.29) is 5.91 Å². The lowest BCUT2D eigenvalue weighted by Gasteiger charge is -2.18. The molecule has 0 atom stereocenters. The van der Waals surface area contributed by atoms with Crippen LogP contribution < -0.4 is 4.90 Å². The minimum atomic E-state index is -0.195. The zero-order valence-corrected chi connectivity index (χ0v) is 17.5. The summed E-state index contributed by atoms with van der Waals surface area (Å²) in [4.78, 5) is 23.5. The van der Waals surface area contributed by atoms with Gasteiger partial charge in [-0.2, -0.15) is 0 Å². The Balaban J connectivity index is 1.69. The van der Waals surface area contributed by atoms with Crippen LogP contribution in [0.2, 0.25) is 10.0 Å². The Morgan fingerprint density at radius 3 is 2.76 bits per heavy atom. The monoisotopic (exact) mass is 439 g/mol. The lowest BCUT2D eigenvalue weighted by atomic mass is 10.2. The van der Waals surface area contributed by atoms with E-state index in [2.05, 4.69) is 9.97 Å². The molecule has 0 spiro atoms. The lowest BCUT2D eigenvalue weighted by Crippen LogP contribution is -2.28. The number of anilines is 1. The van der Waals surface area contributed by atoms with Crippen molar-refractivity contribution in [1.29, 1.82) is 0 Å². The molecular formula is C22H15Cl2N3OS. The van der Waals surface area contributed by atoms with Crippen molar-refractivity contribution in [2.75, 3.05) is 4.90 Å². The molecule has 0 aliphatic heterocycles. The zero-order chi connectivity index (χ0) is 20.2.